The molecule has 0 aliphatic carbocycles. The Bertz CT molecular complexity index is 512. The first kappa shape index (κ1) is 20.0. The van der Waals surface area contributed by atoms with E-state index in [0.717, 1.165) is 12.8 Å². The van der Waals surface area contributed by atoms with Crippen molar-refractivity contribution in [3.05, 3.63) is 29.8 Å². The number of nitrogens with one attached hydrogen (secondary N) is 2. The number of carbonyl (C=O) groups is 2. The van der Waals surface area contributed by atoms with Crippen LogP contribution in [0.5, 0.6) is 5.75 Å². The van der Waals surface area contributed by atoms with Crippen molar-refractivity contribution in [2.24, 2.45) is 0 Å². The van der Waals surface area contributed by atoms with Crippen molar-refractivity contribution in [2.45, 2.75) is 59.0 Å². The Morgan fingerprint density at radius 2 is 1.67 bits per heavy atom. The van der Waals surface area contributed by atoms with Crippen molar-refractivity contribution in [2.75, 3.05) is 13.1 Å². The molecule has 1 aromatic carbocycles. The quantitative estimate of drug-likeness (QED) is 0.646. The van der Waals surface area contributed by atoms with Crippen molar-refractivity contribution in [1.29, 1.82) is 0 Å². The number of unbranched alkanes of at least 4 members (excludes halogenated alkanes) is 1. The fourth-order valence-electron chi connectivity index (χ4n) is 2.15. The van der Waals surface area contributed by atoms with Gasteiger partial charge in [-0.25, -0.2) is 0 Å². The van der Waals surface area contributed by atoms with Gasteiger partial charge in [0.15, 0.2) is 6.10 Å². The number of hydrogen-bond donors (Lipinski definition) is 2. The van der Waals surface area contributed by atoms with Gasteiger partial charge < -0.3 is 15.4 Å². The van der Waals surface area contributed by atoms with E-state index in [9.17, 15) is 9.59 Å². The molecule has 0 aliphatic heterocycles. The van der Waals surface area contributed by atoms with Crippen molar-refractivity contribution in [3.8, 4) is 5.75 Å². The van der Waals surface area contributed by atoms with Crippen molar-refractivity contribution < 1.29 is 14.3 Å². The summed E-state index contributed by atoms with van der Waals surface area (Å²) in [5.41, 5.74) is 1.23. The summed E-state index contributed by atoms with van der Waals surface area (Å²) >= 11 is 0. The Balaban J connectivity index is 2.28. The van der Waals surface area contributed by atoms with Gasteiger partial charge in [-0.05, 0) is 37.0 Å². The standard InChI is InChI=1S/C19H30N2O3/c1-5-6-7-18(22)20-12-13-21-19(23)15(4)24-17-10-8-16(9-11-17)14(2)3/h8-11,14-15H,5-7,12-13H2,1-4H3,(H,20,22)(H,21,23). The lowest BCUT2D eigenvalue weighted by Crippen LogP contribution is -2.40. The van der Waals surface area contributed by atoms with Gasteiger partial charge in [-0.2, -0.15) is 0 Å². The van der Waals surface area contributed by atoms with Gasteiger partial charge >= 0.3 is 0 Å². The van der Waals surface area contributed by atoms with Crippen LogP contribution in [0.15, 0.2) is 24.3 Å². The number of rotatable bonds is 10. The molecule has 1 atom stereocenters. The first-order valence-corrected chi connectivity index (χ1v) is 8.75. The van der Waals surface area contributed by atoms with Crippen molar-refractivity contribution in [1.82, 2.24) is 10.6 Å². The second-order valence-corrected chi connectivity index (χ2v) is 6.23. The predicted octanol–water partition coefficient (Wildman–Crippen LogP) is 3.00. The summed E-state index contributed by atoms with van der Waals surface area (Å²) in [5, 5.41) is 5.55. The highest BCUT2D eigenvalue weighted by Crippen LogP contribution is 2.19. The van der Waals surface area contributed by atoms with Gasteiger partial charge in [0, 0.05) is 19.5 Å². The molecule has 1 aromatic rings. The summed E-state index contributed by atoms with van der Waals surface area (Å²) in [7, 11) is 0. The molecule has 0 spiro atoms. The third kappa shape index (κ3) is 7.49. The second-order valence-electron chi connectivity index (χ2n) is 6.23. The molecule has 0 bridgehead atoms. The average Bonchev–Trinajstić information content (AvgIpc) is 2.57. The lowest BCUT2D eigenvalue weighted by molar-refractivity contribution is -0.127. The third-order valence-corrected chi connectivity index (χ3v) is 3.73. The van der Waals surface area contributed by atoms with E-state index in [1.807, 2.05) is 31.2 Å². The molecule has 0 radical (unpaired) electrons. The minimum atomic E-state index is -0.578. The Kier molecular flexibility index (Phi) is 8.90. The summed E-state index contributed by atoms with van der Waals surface area (Å²) in [4.78, 5) is 23.4. The van der Waals surface area contributed by atoms with Crippen LogP contribution in [0.4, 0.5) is 0 Å². The normalized spacial score (nSPS) is 11.9. The molecule has 0 saturated heterocycles. The molecule has 0 aromatic heterocycles. The zero-order chi connectivity index (χ0) is 17.9. The molecule has 2 amide bonds. The number of benzene rings is 1. The zero-order valence-corrected chi connectivity index (χ0v) is 15.2. The summed E-state index contributed by atoms with van der Waals surface area (Å²) in [6, 6.07) is 7.78. The molecule has 24 heavy (non-hydrogen) atoms. The fourth-order valence-corrected chi connectivity index (χ4v) is 2.15. The molecule has 0 fully saturated rings. The van der Waals surface area contributed by atoms with Gasteiger partial charge in [-0.1, -0.05) is 39.3 Å². The second kappa shape index (κ2) is 10.7. The third-order valence-electron chi connectivity index (χ3n) is 3.73. The highest BCUT2D eigenvalue weighted by molar-refractivity contribution is 5.80. The van der Waals surface area contributed by atoms with E-state index in [0.29, 0.717) is 31.2 Å². The number of carbonyl (C=O) groups excluding carboxylic acids is 2. The van der Waals surface area contributed by atoms with Crippen molar-refractivity contribution >= 4 is 11.8 Å². The molecule has 0 aliphatic rings. The van der Waals surface area contributed by atoms with E-state index in [4.69, 9.17) is 4.74 Å². The monoisotopic (exact) mass is 334 g/mol. The maximum absolute atomic E-state index is 12.0. The fraction of sp³-hybridized carbons (Fsp3) is 0.579. The highest BCUT2D eigenvalue weighted by Gasteiger charge is 2.14. The largest absolute Gasteiger partial charge is 0.481 e. The number of hydrogen-bond acceptors (Lipinski definition) is 3. The van der Waals surface area contributed by atoms with Crippen LogP contribution in [0.25, 0.3) is 0 Å². The van der Waals surface area contributed by atoms with Crippen LogP contribution >= 0.6 is 0 Å². The minimum absolute atomic E-state index is 0.0284. The van der Waals surface area contributed by atoms with Gasteiger partial charge in [0.05, 0.1) is 0 Å². The van der Waals surface area contributed by atoms with E-state index >= 15 is 0 Å². The molecule has 1 rings (SSSR count). The number of amides is 2. The maximum atomic E-state index is 12.0. The molecule has 134 valence electrons. The summed E-state index contributed by atoms with van der Waals surface area (Å²) in [6.07, 6.45) is 1.84. The van der Waals surface area contributed by atoms with Crippen molar-refractivity contribution in [3.63, 3.8) is 0 Å². The summed E-state index contributed by atoms with van der Waals surface area (Å²) < 4.78 is 5.64. The van der Waals surface area contributed by atoms with E-state index < -0.39 is 6.10 Å². The van der Waals surface area contributed by atoms with Crippen LogP contribution in [0.1, 0.15) is 58.4 Å². The van der Waals surface area contributed by atoms with Gasteiger partial charge in [0.25, 0.3) is 5.91 Å². The first-order valence-electron chi connectivity index (χ1n) is 8.75. The van der Waals surface area contributed by atoms with Gasteiger partial charge in [-0.3, -0.25) is 9.59 Å². The Hall–Kier alpha value is -2.04. The average molecular weight is 334 g/mol. The van der Waals surface area contributed by atoms with Gasteiger partial charge in [0.1, 0.15) is 5.75 Å². The minimum Gasteiger partial charge on any atom is -0.481 e. The highest BCUT2D eigenvalue weighted by atomic mass is 16.5. The maximum Gasteiger partial charge on any atom is 0.260 e. The molecular weight excluding hydrogens is 304 g/mol. The van der Waals surface area contributed by atoms with E-state index in [-0.39, 0.29) is 11.8 Å². The molecule has 1 unspecified atom stereocenters. The van der Waals surface area contributed by atoms with Crippen LogP contribution in [-0.2, 0) is 9.59 Å². The molecule has 0 saturated carbocycles. The summed E-state index contributed by atoms with van der Waals surface area (Å²) in [6.45, 7) is 8.86. The molecular formula is C19H30N2O3. The van der Waals surface area contributed by atoms with E-state index in [1.54, 1.807) is 6.92 Å². The molecule has 5 nitrogen and oxygen atoms in total. The van der Waals surface area contributed by atoms with E-state index in [1.165, 1.54) is 5.56 Å². The van der Waals surface area contributed by atoms with Crippen LogP contribution in [-0.4, -0.2) is 31.0 Å². The predicted molar refractivity (Wildman–Crippen MR) is 96.2 cm³/mol. The van der Waals surface area contributed by atoms with E-state index in [2.05, 4.69) is 24.5 Å². The lowest BCUT2D eigenvalue weighted by Gasteiger charge is -2.15. The smallest absolute Gasteiger partial charge is 0.260 e. The van der Waals surface area contributed by atoms with Gasteiger partial charge in [-0.15, -0.1) is 0 Å². The molecule has 0 heterocycles. The SMILES string of the molecule is CCCCC(=O)NCCNC(=O)C(C)Oc1ccc(C(C)C)cc1. The topological polar surface area (TPSA) is 67.4 Å². The molecule has 2 N–H and O–H groups in total. The first-order chi connectivity index (χ1) is 11.4. The molecule has 5 heteroatoms. The van der Waals surface area contributed by atoms with Gasteiger partial charge in [0.2, 0.25) is 5.91 Å². The summed E-state index contributed by atoms with van der Waals surface area (Å²) in [5.74, 6) is 0.980. The van der Waals surface area contributed by atoms with Crippen LogP contribution in [0.3, 0.4) is 0 Å². The Labute approximate surface area is 145 Å². The number of ether oxygens (including phenoxy) is 1. The van der Waals surface area contributed by atoms with Crippen LogP contribution in [0, 0.1) is 0 Å². The Morgan fingerprint density at radius 3 is 2.25 bits per heavy atom. The zero-order valence-electron chi connectivity index (χ0n) is 15.2. The van der Waals surface area contributed by atoms with Crippen LogP contribution < -0.4 is 15.4 Å². The van der Waals surface area contributed by atoms with Crippen LogP contribution in [0.2, 0.25) is 0 Å². The Morgan fingerprint density at radius 1 is 1.04 bits per heavy atom. The lowest BCUT2D eigenvalue weighted by atomic mass is 10.0.